The van der Waals surface area contributed by atoms with Gasteiger partial charge in [-0.3, -0.25) is 4.90 Å². The smallest absolute Gasteiger partial charge is 0.240 e. The van der Waals surface area contributed by atoms with Crippen molar-refractivity contribution in [2.75, 3.05) is 19.7 Å². The fourth-order valence-electron chi connectivity index (χ4n) is 4.41. The van der Waals surface area contributed by atoms with Gasteiger partial charge in [-0.15, -0.1) is 0 Å². The average molecular weight is 440 g/mol. The van der Waals surface area contributed by atoms with Crippen LogP contribution in [-0.4, -0.2) is 34.7 Å². The Morgan fingerprint density at radius 2 is 2.07 bits per heavy atom. The summed E-state index contributed by atoms with van der Waals surface area (Å²) in [6.07, 6.45) is 2.80. The first-order valence-electron chi connectivity index (χ1n) is 9.71. The SMILES string of the molecule is Brc1cccc(Cc2noc(CN3CCOC4(CCc5ccccc54)C3)n2)c1. The van der Waals surface area contributed by atoms with Crippen LogP contribution in [0.2, 0.25) is 0 Å². The normalized spacial score (nSPS) is 21.9. The van der Waals surface area contributed by atoms with Crippen LogP contribution >= 0.6 is 15.9 Å². The van der Waals surface area contributed by atoms with Gasteiger partial charge in [-0.05, 0) is 41.7 Å². The number of aromatic nitrogens is 2. The zero-order valence-electron chi connectivity index (χ0n) is 15.6. The van der Waals surface area contributed by atoms with Gasteiger partial charge in [-0.1, -0.05) is 57.5 Å². The van der Waals surface area contributed by atoms with Crippen LogP contribution in [0.5, 0.6) is 0 Å². The summed E-state index contributed by atoms with van der Waals surface area (Å²) in [4.78, 5) is 6.99. The lowest BCUT2D eigenvalue weighted by atomic mass is 9.93. The zero-order valence-corrected chi connectivity index (χ0v) is 17.2. The molecule has 2 aromatic carbocycles. The van der Waals surface area contributed by atoms with Crippen LogP contribution in [-0.2, 0) is 29.7 Å². The maximum absolute atomic E-state index is 6.30. The van der Waals surface area contributed by atoms with Crippen molar-refractivity contribution in [1.82, 2.24) is 15.0 Å². The Morgan fingerprint density at radius 1 is 1.14 bits per heavy atom. The van der Waals surface area contributed by atoms with Gasteiger partial charge >= 0.3 is 0 Å². The molecule has 0 bridgehead atoms. The van der Waals surface area contributed by atoms with Gasteiger partial charge in [0, 0.05) is 24.0 Å². The maximum Gasteiger partial charge on any atom is 0.240 e. The lowest BCUT2D eigenvalue weighted by Gasteiger charge is -2.40. The Morgan fingerprint density at radius 3 is 3.00 bits per heavy atom. The Balaban J connectivity index is 1.28. The molecule has 6 heteroatoms. The van der Waals surface area contributed by atoms with Gasteiger partial charge in [-0.2, -0.15) is 4.98 Å². The monoisotopic (exact) mass is 439 g/mol. The molecule has 28 heavy (non-hydrogen) atoms. The third kappa shape index (κ3) is 3.52. The Labute approximate surface area is 172 Å². The average Bonchev–Trinajstić information content (AvgIpc) is 3.27. The lowest BCUT2D eigenvalue weighted by Crippen LogP contribution is -2.48. The number of hydrogen-bond acceptors (Lipinski definition) is 5. The van der Waals surface area contributed by atoms with Gasteiger partial charge in [0.05, 0.1) is 13.2 Å². The van der Waals surface area contributed by atoms with Crippen LogP contribution in [0.1, 0.15) is 34.8 Å². The second-order valence-electron chi connectivity index (χ2n) is 7.62. The molecule has 1 aliphatic heterocycles. The molecule has 0 radical (unpaired) electrons. The fraction of sp³-hybridized carbons (Fsp3) is 0.364. The minimum absolute atomic E-state index is 0.186. The van der Waals surface area contributed by atoms with Crippen molar-refractivity contribution in [3.8, 4) is 0 Å². The van der Waals surface area contributed by atoms with Crippen LogP contribution < -0.4 is 0 Å². The standard InChI is InChI=1S/C22H22BrN3O2/c23-18-6-3-4-16(12-18)13-20-24-21(28-25-20)14-26-10-11-27-22(15-26)9-8-17-5-1-2-7-19(17)22/h1-7,12H,8-11,13-15H2. The summed E-state index contributed by atoms with van der Waals surface area (Å²) >= 11 is 3.50. The summed E-state index contributed by atoms with van der Waals surface area (Å²) in [7, 11) is 0. The molecule has 1 atom stereocenters. The van der Waals surface area contributed by atoms with Gasteiger partial charge in [0.2, 0.25) is 5.89 Å². The summed E-state index contributed by atoms with van der Waals surface area (Å²) in [5.41, 5.74) is 3.74. The van der Waals surface area contributed by atoms with Gasteiger partial charge < -0.3 is 9.26 Å². The van der Waals surface area contributed by atoms with E-state index in [1.165, 1.54) is 11.1 Å². The third-order valence-electron chi connectivity index (χ3n) is 5.69. The second kappa shape index (κ2) is 7.43. The van der Waals surface area contributed by atoms with E-state index in [4.69, 9.17) is 9.26 Å². The van der Waals surface area contributed by atoms with E-state index in [0.717, 1.165) is 48.4 Å². The van der Waals surface area contributed by atoms with Crippen molar-refractivity contribution >= 4 is 15.9 Å². The summed E-state index contributed by atoms with van der Waals surface area (Å²) in [6.45, 7) is 3.15. The van der Waals surface area contributed by atoms with Crippen LogP contribution in [0.15, 0.2) is 57.5 Å². The summed E-state index contributed by atoms with van der Waals surface area (Å²) in [5, 5.41) is 4.17. The predicted molar refractivity (Wildman–Crippen MR) is 109 cm³/mol. The van der Waals surface area contributed by atoms with Gasteiger partial charge in [0.25, 0.3) is 0 Å². The highest BCUT2D eigenvalue weighted by Gasteiger charge is 2.43. The number of rotatable bonds is 4. The van der Waals surface area contributed by atoms with E-state index in [-0.39, 0.29) is 5.60 Å². The number of benzene rings is 2. The molecule has 0 N–H and O–H groups in total. The van der Waals surface area contributed by atoms with Gasteiger partial charge in [0.1, 0.15) is 5.60 Å². The van der Waals surface area contributed by atoms with Crippen molar-refractivity contribution in [1.29, 1.82) is 0 Å². The van der Waals surface area contributed by atoms with Gasteiger partial charge in [-0.25, -0.2) is 0 Å². The third-order valence-corrected chi connectivity index (χ3v) is 6.18. The van der Waals surface area contributed by atoms with Crippen molar-refractivity contribution in [3.63, 3.8) is 0 Å². The number of fused-ring (bicyclic) bond motifs is 2. The molecule has 0 amide bonds. The molecule has 1 saturated heterocycles. The van der Waals surface area contributed by atoms with Crippen LogP contribution in [0.25, 0.3) is 0 Å². The van der Waals surface area contributed by atoms with E-state index in [1.807, 2.05) is 12.1 Å². The molecule has 1 unspecified atom stereocenters. The van der Waals surface area contributed by atoms with Crippen molar-refractivity contribution in [2.24, 2.45) is 0 Å². The first kappa shape index (κ1) is 18.0. The van der Waals surface area contributed by atoms with E-state index in [1.54, 1.807) is 0 Å². The van der Waals surface area contributed by atoms with Gasteiger partial charge in [0.15, 0.2) is 5.82 Å². The minimum Gasteiger partial charge on any atom is -0.368 e. The van der Waals surface area contributed by atoms with Crippen LogP contribution in [0, 0.1) is 0 Å². The summed E-state index contributed by atoms with van der Waals surface area (Å²) < 4.78 is 12.9. The van der Waals surface area contributed by atoms with Crippen molar-refractivity contribution in [2.45, 2.75) is 31.4 Å². The predicted octanol–water partition coefficient (Wildman–Crippen LogP) is 4.10. The maximum atomic E-state index is 6.30. The highest BCUT2D eigenvalue weighted by Crippen LogP contribution is 2.42. The quantitative estimate of drug-likeness (QED) is 0.612. The molecule has 1 fully saturated rings. The molecule has 1 spiro atoms. The largest absolute Gasteiger partial charge is 0.368 e. The van der Waals surface area contributed by atoms with E-state index >= 15 is 0 Å². The lowest BCUT2D eigenvalue weighted by molar-refractivity contribution is -0.117. The number of aryl methyl sites for hydroxylation is 1. The van der Waals surface area contributed by atoms with Crippen LogP contribution in [0.4, 0.5) is 0 Å². The van der Waals surface area contributed by atoms with E-state index in [0.29, 0.717) is 18.9 Å². The van der Waals surface area contributed by atoms with E-state index in [9.17, 15) is 0 Å². The van der Waals surface area contributed by atoms with Crippen molar-refractivity contribution < 1.29 is 9.26 Å². The number of ether oxygens (including phenoxy) is 1. The molecule has 3 aromatic rings. The summed E-state index contributed by atoms with van der Waals surface area (Å²) in [5.74, 6) is 1.40. The summed E-state index contributed by atoms with van der Waals surface area (Å²) in [6, 6.07) is 16.9. The minimum atomic E-state index is -0.186. The molecule has 5 rings (SSSR count). The Bertz CT molecular complexity index is 985. The molecule has 144 valence electrons. The molecular formula is C22H22BrN3O2. The van der Waals surface area contributed by atoms with E-state index in [2.05, 4.69) is 67.4 Å². The molecule has 5 nitrogen and oxygen atoms in total. The molecule has 2 aliphatic rings. The molecule has 1 aromatic heterocycles. The molecule has 2 heterocycles. The highest BCUT2D eigenvalue weighted by molar-refractivity contribution is 9.10. The Kier molecular flexibility index (Phi) is 4.78. The second-order valence-corrected chi connectivity index (χ2v) is 8.54. The highest BCUT2D eigenvalue weighted by atomic mass is 79.9. The fourth-order valence-corrected chi connectivity index (χ4v) is 4.85. The first-order chi connectivity index (χ1) is 13.7. The Hall–Kier alpha value is -2.02. The first-order valence-corrected chi connectivity index (χ1v) is 10.5. The molecule has 0 saturated carbocycles. The molecular weight excluding hydrogens is 418 g/mol. The number of halogens is 1. The number of hydrogen-bond donors (Lipinski definition) is 0. The zero-order chi connectivity index (χ0) is 19.0. The number of morpholine rings is 1. The van der Waals surface area contributed by atoms with Crippen molar-refractivity contribution in [3.05, 3.63) is 81.4 Å². The topological polar surface area (TPSA) is 51.4 Å². The van der Waals surface area contributed by atoms with Crippen LogP contribution in [0.3, 0.4) is 0 Å². The van der Waals surface area contributed by atoms with E-state index < -0.39 is 0 Å². The molecule has 1 aliphatic carbocycles. The number of nitrogens with zero attached hydrogens (tertiary/aromatic N) is 3.